The van der Waals surface area contributed by atoms with Crippen molar-refractivity contribution in [1.29, 1.82) is 0 Å². The van der Waals surface area contributed by atoms with Gasteiger partial charge in [0.05, 0.1) is 25.8 Å². The van der Waals surface area contributed by atoms with Crippen LogP contribution in [0.3, 0.4) is 0 Å². The van der Waals surface area contributed by atoms with Crippen LogP contribution in [0.15, 0.2) is 60.7 Å². The highest BCUT2D eigenvalue weighted by atomic mass is 16.5. The standard InChI is InChI=1S/C24H24N2O4/c1-25(19-9-8-16-6-4-5-7-17(16)12-19)24(28)18-13-23(27)26(15-18)21-11-10-20(29-2)14-22(21)30-3/h4-12,14,18H,13,15H2,1-3H3. The van der Waals surface area contributed by atoms with Crippen molar-refractivity contribution in [3.63, 3.8) is 0 Å². The summed E-state index contributed by atoms with van der Waals surface area (Å²) in [4.78, 5) is 29.1. The molecule has 0 bridgehead atoms. The number of nitrogens with zero attached hydrogens (tertiary/aromatic N) is 2. The normalized spacial score (nSPS) is 16.0. The molecule has 0 radical (unpaired) electrons. The van der Waals surface area contributed by atoms with Gasteiger partial charge in [0, 0.05) is 31.8 Å². The summed E-state index contributed by atoms with van der Waals surface area (Å²) in [5.41, 5.74) is 1.46. The van der Waals surface area contributed by atoms with Gasteiger partial charge in [-0.3, -0.25) is 9.59 Å². The van der Waals surface area contributed by atoms with Crippen molar-refractivity contribution in [2.45, 2.75) is 6.42 Å². The zero-order valence-corrected chi connectivity index (χ0v) is 17.3. The van der Waals surface area contributed by atoms with Crippen LogP contribution in [-0.4, -0.2) is 39.6 Å². The predicted molar refractivity (Wildman–Crippen MR) is 117 cm³/mol. The number of methoxy groups -OCH3 is 2. The summed E-state index contributed by atoms with van der Waals surface area (Å²) in [7, 11) is 4.88. The fraction of sp³-hybridized carbons (Fsp3) is 0.250. The maximum absolute atomic E-state index is 13.2. The van der Waals surface area contributed by atoms with E-state index in [1.807, 2.05) is 42.5 Å². The van der Waals surface area contributed by atoms with E-state index >= 15 is 0 Å². The smallest absolute Gasteiger partial charge is 0.232 e. The number of rotatable bonds is 5. The monoisotopic (exact) mass is 404 g/mol. The van der Waals surface area contributed by atoms with Gasteiger partial charge in [0.25, 0.3) is 0 Å². The summed E-state index contributed by atoms with van der Waals surface area (Å²) < 4.78 is 10.7. The molecule has 3 aromatic carbocycles. The molecule has 30 heavy (non-hydrogen) atoms. The van der Waals surface area contributed by atoms with E-state index in [1.54, 1.807) is 49.3 Å². The fourth-order valence-corrected chi connectivity index (χ4v) is 3.90. The average Bonchev–Trinajstić information content (AvgIpc) is 3.18. The van der Waals surface area contributed by atoms with Crippen LogP contribution in [-0.2, 0) is 9.59 Å². The lowest BCUT2D eigenvalue weighted by Gasteiger charge is -2.23. The first kappa shape index (κ1) is 19.8. The highest BCUT2D eigenvalue weighted by Crippen LogP contribution is 2.36. The molecule has 6 heteroatoms. The Kier molecular flexibility index (Phi) is 5.31. The number of carbonyl (C=O) groups excluding carboxylic acids is 2. The molecule has 0 spiro atoms. The molecule has 154 valence electrons. The number of benzene rings is 3. The second-order valence-electron chi connectivity index (χ2n) is 7.37. The highest BCUT2D eigenvalue weighted by Gasteiger charge is 2.37. The summed E-state index contributed by atoms with van der Waals surface area (Å²) in [5, 5.41) is 2.19. The number of hydrogen-bond acceptors (Lipinski definition) is 4. The van der Waals surface area contributed by atoms with Crippen LogP contribution in [0.5, 0.6) is 11.5 Å². The van der Waals surface area contributed by atoms with Crippen LogP contribution < -0.4 is 19.3 Å². The molecular weight excluding hydrogens is 380 g/mol. The molecule has 1 unspecified atom stereocenters. The fourth-order valence-electron chi connectivity index (χ4n) is 3.90. The topological polar surface area (TPSA) is 59.1 Å². The van der Waals surface area contributed by atoms with E-state index in [4.69, 9.17) is 9.47 Å². The van der Waals surface area contributed by atoms with E-state index in [2.05, 4.69) is 0 Å². The van der Waals surface area contributed by atoms with Crippen molar-refractivity contribution in [2.75, 3.05) is 37.6 Å². The van der Waals surface area contributed by atoms with Gasteiger partial charge in [0.2, 0.25) is 11.8 Å². The molecule has 0 aromatic heterocycles. The molecule has 1 aliphatic rings. The SMILES string of the molecule is COc1ccc(N2CC(C(=O)N(C)c3ccc4ccccc4c3)CC2=O)c(OC)c1. The Morgan fingerprint density at radius 2 is 1.77 bits per heavy atom. The van der Waals surface area contributed by atoms with Gasteiger partial charge >= 0.3 is 0 Å². The van der Waals surface area contributed by atoms with Gasteiger partial charge in [0.15, 0.2) is 0 Å². The molecule has 0 aliphatic carbocycles. The molecule has 1 atom stereocenters. The molecular formula is C24H24N2O4. The predicted octanol–water partition coefficient (Wildman–Crippen LogP) is 3.87. The molecule has 1 aliphatic heterocycles. The Morgan fingerprint density at radius 3 is 2.50 bits per heavy atom. The number of fused-ring (bicyclic) bond motifs is 1. The minimum Gasteiger partial charge on any atom is -0.497 e. The van der Waals surface area contributed by atoms with Crippen LogP contribution in [0.2, 0.25) is 0 Å². The lowest BCUT2D eigenvalue weighted by atomic mass is 10.1. The van der Waals surface area contributed by atoms with Crippen molar-refractivity contribution >= 4 is 34.0 Å². The molecule has 2 amide bonds. The third-order valence-electron chi connectivity index (χ3n) is 5.60. The maximum Gasteiger partial charge on any atom is 0.232 e. The van der Waals surface area contributed by atoms with E-state index in [9.17, 15) is 9.59 Å². The lowest BCUT2D eigenvalue weighted by molar-refractivity contribution is -0.124. The molecule has 0 N–H and O–H groups in total. The van der Waals surface area contributed by atoms with Crippen LogP contribution in [0.4, 0.5) is 11.4 Å². The Morgan fingerprint density at radius 1 is 1.00 bits per heavy atom. The van der Waals surface area contributed by atoms with Crippen molar-refractivity contribution < 1.29 is 19.1 Å². The lowest BCUT2D eigenvalue weighted by Crippen LogP contribution is -2.34. The van der Waals surface area contributed by atoms with E-state index in [0.717, 1.165) is 16.5 Å². The second-order valence-corrected chi connectivity index (χ2v) is 7.37. The molecule has 4 rings (SSSR count). The van der Waals surface area contributed by atoms with Crippen molar-refractivity contribution in [2.24, 2.45) is 5.92 Å². The van der Waals surface area contributed by atoms with Gasteiger partial charge in [0.1, 0.15) is 11.5 Å². The van der Waals surface area contributed by atoms with Crippen molar-refractivity contribution in [3.05, 3.63) is 60.7 Å². The maximum atomic E-state index is 13.2. The minimum atomic E-state index is -0.416. The first-order chi connectivity index (χ1) is 14.5. The number of anilines is 2. The molecule has 0 saturated carbocycles. The van der Waals surface area contributed by atoms with Crippen LogP contribution in [0, 0.1) is 5.92 Å². The zero-order valence-electron chi connectivity index (χ0n) is 17.3. The summed E-state index contributed by atoms with van der Waals surface area (Å²) in [6, 6.07) is 19.3. The van der Waals surface area contributed by atoms with Crippen molar-refractivity contribution in [1.82, 2.24) is 0 Å². The van der Waals surface area contributed by atoms with E-state index < -0.39 is 5.92 Å². The molecule has 1 saturated heterocycles. The largest absolute Gasteiger partial charge is 0.497 e. The zero-order chi connectivity index (χ0) is 21.3. The average molecular weight is 404 g/mol. The van der Waals surface area contributed by atoms with Gasteiger partial charge in [-0.25, -0.2) is 0 Å². The summed E-state index contributed by atoms with van der Waals surface area (Å²) in [5.74, 6) is 0.600. The Balaban J connectivity index is 1.55. The molecule has 6 nitrogen and oxygen atoms in total. The van der Waals surface area contributed by atoms with Crippen LogP contribution >= 0.6 is 0 Å². The summed E-state index contributed by atoms with van der Waals surface area (Å²) in [6.45, 7) is 0.318. The Bertz CT molecular complexity index is 1110. The van der Waals surface area contributed by atoms with Crippen molar-refractivity contribution in [3.8, 4) is 11.5 Å². The van der Waals surface area contributed by atoms with E-state index in [1.165, 1.54) is 0 Å². The van der Waals surface area contributed by atoms with E-state index in [0.29, 0.717) is 23.7 Å². The van der Waals surface area contributed by atoms with Gasteiger partial charge in [-0.2, -0.15) is 0 Å². The highest BCUT2D eigenvalue weighted by molar-refractivity contribution is 6.05. The van der Waals surface area contributed by atoms with Crippen LogP contribution in [0.25, 0.3) is 10.8 Å². The first-order valence-corrected chi connectivity index (χ1v) is 9.80. The minimum absolute atomic E-state index is 0.0754. The number of amides is 2. The van der Waals surface area contributed by atoms with Crippen LogP contribution in [0.1, 0.15) is 6.42 Å². The third-order valence-corrected chi connectivity index (χ3v) is 5.60. The number of carbonyl (C=O) groups is 2. The molecule has 1 fully saturated rings. The molecule has 1 heterocycles. The summed E-state index contributed by atoms with van der Waals surface area (Å²) in [6.07, 6.45) is 0.173. The van der Waals surface area contributed by atoms with Gasteiger partial charge in [-0.05, 0) is 35.0 Å². The van der Waals surface area contributed by atoms with Gasteiger partial charge in [-0.1, -0.05) is 30.3 Å². The Hall–Kier alpha value is -3.54. The van der Waals surface area contributed by atoms with Gasteiger partial charge in [-0.15, -0.1) is 0 Å². The number of hydrogen-bond donors (Lipinski definition) is 0. The summed E-state index contributed by atoms with van der Waals surface area (Å²) >= 11 is 0. The quantitative estimate of drug-likeness (QED) is 0.648. The van der Waals surface area contributed by atoms with E-state index in [-0.39, 0.29) is 18.2 Å². The third kappa shape index (κ3) is 3.56. The number of ether oxygens (including phenoxy) is 2. The molecule has 3 aromatic rings. The Labute approximate surface area is 175 Å². The van der Waals surface area contributed by atoms with Gasteiger partial charge < -0.3 is 19.3 Å². The second kappa shape index (κ2) is 8.06. The first-order valence-electron chi connectivity index (χ1n) is 9.80.